The summed E-state index contributed by atoms with van der Waals surface area (Å²) >= 11 is 5.17. The predicted molar refractivity (Wildman–Crippen MR) is 89.7 cm³/mol. The lowest BCUT2D eigenvalue weighted by molar-refractivity contribution is 0.104. The van der Waals surface area contributed by atoms with Crippen molar-refractivity contribution < 1.29 is 4.74 Å². The largest absolute Gasteiger partial charge is 0.489 e. The van der Waals surface area contributed by atoms with Crippen molar-refractivity contribution >= 4 is 28.1 Å². The van der Waals surface area contributed by atoms with Gasteiger partial charge < -0.3 is 10.5 Å². The molecule has 1 heterocycles. The molecule has 0 aliphatic heterocycles. The number of nitrogens with two attached hydrogens (primary N) is 1. The van der Waals surface area contributed by atoms with E-state index in [1.54, 1.807) is 6.20 Å². The highest BCUT2D eigenvalue weighted by Gasteiger charge is 2.25. The van der Waals surface area contributed by atoms with E-state index in [2.05, 4.69) is 11.9 Å². The maximum Gasteiger partial charge on any atom is 0.140 e. The lowest BCUT2D eigenvalue weighted by Crippen LogP contribution is -2.29. The van der Waals surface area contributed by atoms with Gasteiger partial charge in [-0.1, -0.05) is 37.7 Å². The molecular formula is C17H20N2OS. The summed E-state index contributed by atoms with van der Waals surface area (Å²) in [5.41, 5.74) is 7.51. The first kappa shape index (κ1) is 14.3. The number of para-hydroxylation sites is 1. The fraction of sp³-hybridized carbons (Fsp3) is 0.412. The lowest BCUT2D eigenvalue weighted by atomic mass is 9.88. The Morgan fingerprint density at radius 1 is 1.29 bits per heavy atom. The third-order valence-corrected chi connectivity index (χ3v) is 4.51. The fourth-order valence-electron chi connectivity index (χ4n) is 3.03. The van der Waals surface area contributed by atoms with E-state index in [0.29, 0.717) is 10.9 Å². The first-order valence-electron chi connectivity index (χ1n) is 7.51. The molecule has 0 radical (unpaired) electrons. The first-order chi connectivity index (χ1) is 10.2. The Hall–Kier alpha value is -1.68. The van der Waals surface area contributed by atoms with Crippen molar-refractivity contribution in [3.63, 3.8) is 0 Å². The van der Waals surface area contributed by atoms with Crippen molar-refractivity contribution in [2.75, 3.05) is 0 Å². The minimum atomic E-state index is 0.234. The monoisotopic (exact) mass is 300 g/mol. The molecule has 2 atom stereocenters. The quantitative estimate of drug-likeness (QED) is 0.875. The number of ether oxygens (including phenoxy) is 1. The molecule has 0 bridgehead atoms. The molecule has 0 spiro atoms. The average Bonchev–Trinajstić information content (AvgIpc) is 2.49. The Bertz CT molecular complexity index is 671. The molecule has 1 aromatic heterocycles. The normalized spacial score (nSPS) is 22.1. The summed E-state index contributed by atoms with van der Waals surface area (Å²) in [4.78, 5) is 4.77. The Labute approximate surface area is 130 Å². The number of benzene rings is 1. The van der Waals surface area contributed by atoms with Crippen LogP contribution in [0.4, 0.5) is 0 Å². The molecule has 1 aliphatic carbocycles. The van der Waals surface area contributed by atoms with Crippen molar-refractivity contribution in [1.82, 2.24) is 4.98 Å². The summed E-state index contributed by atoms with van der Waals surface area (Å²) in [6.45, 7) is 2.26. The van der Waals surface area contributed by atoms with Gasteiger partial charge in [0.25, 0.3) is 0 Å². The van der Waals surface area contributed by atoms with Crippen LogP contribution >= 0.6 is 12.2 Å². The van der Waals surface area contributed by atoms with Crippen LogP contribution in [0.15, 0.2) is 30.5 Å². The molecule has 1 aromatic carbocycles. The average molecular weight is 300 g/mol. The highest BCUT2D eigenvalue weighted by molar-refractivity contribution is 7.80. The van der Waals surface area contributed by atoms with E-state index in [1.807, 2.05) is 24.3 Å². The molecular weight excluding hydrogens is 280 g/mol. The fourth-order valence-corrected chi connectivity index (χ4v) is 3.17. The summed E-state index contributed by atoms with van der Waals surface area (Å²) in [6.07, 6.45) is 6.79. The topological polar surface area (TPSA) is 48.1 Å². The predicted octanol–water partition coefficient (Wildman–Crippen LogP) is 3.83. The molecule has 0 amide bonds. The van der Waals surface area contributed by atoms with Gasteiger partial charge in [0.15, 0.2) is 0 Å². The third kappa shape index (κ3) is 2.86. The number of fused-ring (bicyclic) bond motifs is 1. The van der Waals surface area contributed by atoms with E-state index in [0.717, 1.165) is 28.6 Å². The van der Waals surface area contributed by atoms with E-state index in [9.17, 15) is 0 Å². The van der Waals surface area contributed by atoms with Gasteiger partial charge in [0.1, 0.15) is 16.8 Å². The van der Waals surface area contributed by atoms with E-state index in [-0.39, 0.29) is 6.10 Å². The van der Waals surface area contributed by atoms with Crippen molar-refractivity contribution in [1.29, 1.82) is 0 Å². The van der Waals surface area contributed by atoms with E-state index < -0.39 is 0 Å². The van der Waals surface area contributed by atoms with Crippen molar-refractivity contribution in [3.8, 4) is 5.75 Å². The molecule has 3 rings (SSSR count). The van der Waals surface area contributed by atoms with Gasteiger partial charge in [-0.25, -0.2) is 0 Å². The molecule has 3 nitrogen and oxygen atoms in total. The van der Waals surface area contributed by atoms with Crippen LogP contribution in [0.3, 0.4) is 0 Å². The second-order valence-corrected chi connectivity index (χ2v) is 6.24. The summed E-state index contributed by atoms with van der Waals surface area (Å²) in [5, 5.41) is 0.987. The van der Waals surface area contributed by atoms with E-state index >= 15 is 0 Å². The van der Waals surface area contributed by atoms with Crippen LogP contribution in [-0.2, 0) is 0 Å². The van der Waals surface area contributed by atoms with Crippen molar-refractivity contribution in [2.24, 2.45) is 11.7 Å². The number of hydrogen-bond donors (Lipinski definition) is 1. The molecule has 2 N–H and O–H groups in total. The first-order valence-corrected chi connectivity index (χ1v) is 7.92. The molecule has 2 aromatic rings. The van der Waals surface area contributed by atoms with Crippen LogP contribution in [0, 0.1) is 5.92 Å². The van der Waals surface area contributed by atoms with Gasteiger partial charge in [-0.15, -0.1) is 0 Å². The van der Waals surface area contributed by atoms with Gasteiger partial charge in [-0.2, -0.15) is 0 Å². The Balaban J connectivity index is 2.05. The summed E-state index contributed by atoms with van der Waals surface area (Å²) in [7, 11) is 0. The standard InChI is InChI=1S/C17H20N2OS/c1-11-6-2-5-9-15(11)20-16-12-7-3-4-8-14(12)19-10-13(16)17(18)21/h3-4,7-8,10-11,15H,2,5-6,9H2,1H3,(H2,18,21). The smallest absolute Gasteiger partial charge is 0.140 e. The number of rotatable bonds is 3. The van der Waals surface area contributed by atoms with Gasteiger partial charge in [0.2, 0.25) is 0 Å². The minimum absolute atomic E-state index is 0.234. The van der Waals surface area contributed by atoms with Crippen LogP contribution in [0.1, 0.15) is 38.2 Å². The summed E-state index contributed by atoms with van der Waals surface area (Å²) < 4.78 is 6.37. The van der Waals surface area contributed by atoms with Gasteiger partial charge in [0.05, 0.1) is 11.1 Å². The van der Waals surface area contributed by atoms with Crippen LogP contribution in [0.25, 0.3) is 10.9 Å². The van der Waals surface area contributed by atoms with Gasteiger partial charge in [0, 0.05) is 11.6 Å². The summed E-state index contributed by atoms with van der Waals surface area (Å²) in [5.74, 6) is 1.36. The number of pyridine rings is 1. The highest BCUT2D eigenvalue weighted by Crippen LogP contribution is 2.34. The van der Waals surface area contributed by atoms with Crippen LogP contribution in [0.2, 0.25) is 0 Å². The van der Waals surface area contributed by atoms with Gasteiger partial charge in [-0.05, 0) is 37.3 Å². The van der Waals surface area contributed by atoms with Gasteiger partial charge in [-0.3, -0.25) is 4.98 Å². The van der Waals surface area contributed by atoms with E-state index in [4.69, 9.17) is 22.7 Å². The zero-order chi connectivity index (χ0) is 14.8. The van der Waals surface area contributed by atoms with Gasteiger partial charge >= 0.3 is 0 Å². The van der Waals surface area contributed by atoms with Crippen LogP contribution in [-0.4, -0.2) is 16.1 Å². The van der Waals surface area contributed by atoms with Crippen LogP contribution < -0.4 is 10.5 Å². The Morgan fingerprint density at radius 3 is 2.81 bits per heavy atom. The van der Waals surface area contributed by atoms with Crippen molar-refractivity contribution in [2.45, 2.75) is 38.7 Å². The molecule has 2 unspecified atom stereocenters. The zero-order valence-corrected chi connectivity index (χ0v) is 13.0. The molecule has 110 valence electrons. The maximum atomic E-state index is 6.37. The highest BCUT2D eigenvalue weighted by atomic mass is 32.1. The van der Waals surface area contributed by atoms with Crippen molar-refractivity contribution in [3.05, 3.63) is 36.0 Å². The number of hydrogen-bond acceptors (Lipinski definition) is 3. The molecule has 4 heteroatoms. The number of thiocarbonyl (C=S) groups is 1. The summed E-state index contributed by atoms with van der Waals surface area (Å²) in [6, 6.07) is 7.97. The van der Waals surface area contributed by atoms with Crippen LogP contribution in [0.5, 0.6) is 5.75 Å². The number of aromatic nitrogens is 1. The molecule has 1 saturated carbocycles. The molecule has 1 aliphatic rings. The SMILES string of the molecule is CC1CCCCC1Oc1c(C(N)=S)cnc2ccccc12. The Kier molecular flexibility index (Phi) is 4.06. The molecule has 0 saturated heterocycles. The molecule has 1 fully saturated rings. The maximum absolute atomic E-state index is 6.37. The zero-order valence-electron chi connectivity index (χ0n) is 12.2. The lowest BCUT2D eigenvalue weighted by Gasteiger charge is -2.30. The van der Waals surface area contributed by atoms with E-state index in [1.165, 1.54) is 19.3 Å². The third-order valence-electron chi connectivity index (χ3n) is 4.29. The minimum Gasteiger partial charge on any atom is -0.489 e. The second kappa shape index (κ2) is 5.98. The number of nitrogens with zero attached hydrogens (tertiary/aromatic N) is 1. The second-order valence-electron chi connectivity index (χ2n) is 5.80. The molecule has 21 heavy (non-hydrogen) atoms. The Morgan fingerprint density at radius 2 is 2.05 bits per heavy atom.